The van der Waals surface area contributed by atoms with Gasteiger partial charge in [-0.15, -0.1) is 0 Å². The molecule has 6 heteroatoms. The molecule has 0 aromatic heterocycles. The molecular formula is C14H20FN3O2. The molecule has 2 rings (SSSR count). The number of hydrogen-bond donors (Lipinski definition) is 1. The molecule has 0 saturated carbocycles. The molecule has 0 amide bonds. The van der Waals surface area contributed by atoms with Gasteiger partial charge in [-0.2, -0.15) is 0 Å². The molecule has 1 heterocycles. The van der Waals surface area contributed by atoms with Crippen molar-refractivity contribution in [3.63, 3.8) is 0 Å². The Morgan fingerprint density at radius 2 is 2.15 bits per heavy atom. The number of nitro benzene ring substituents is 1. The number of piperazine rings is 1. The number of halogens is 1. The Kier molecular flexibility index (Phi) is 4.54. The van der Waals surface area contributed by atoms with Crippen molar-refractivity contribution in [2.45, 2.75) is 38.8 Å². The van der Waals surface area contributed by atoms with Crippen LogP contribution >= 0.6 is 0 Å². The van der Waals surface area contributed by atoms with Crippen LogP contribution in [0.1, 0.15) is 26.7 Å². The Labute approximate surface area is 117 Å². The lowest BCUT2D eigenvalue weighted by molar-refractivity contribution is -0.385. The fourth-order valence-corrected chi connectivity index (χ4v) is 2.65. The Balaban J connectivity index is 2.33. The van der Waals surface area contributed by atoms with Gasteiger partial charge >= 0.3 is 0 Å². The van der Waals surface area contributed by atoms with E-state index < -0.39 is 10.7 Å². The summed E-state index contributed by atoms with van der Waals surface area (Å²) in [5, 5.41) is 14.3. The van der Waals surface area contributed by atoms with E-state index in [1.165, 1.54) is 12.1 Å². The normalized spacial score (nSPS) is 22.9. The van der Waals surface area contributed by atoms with Crippen molar-refractivity contribution in [1.29, 1.82) is 0 Å². The summed E-state index contributed by atoms with van der Waals surface area (Å²) in [5.74, 6) is -0.560. The maximum absolute atomic E-state index is 13.6. The van der Waals surface area contributed by atoms with Crippen molar-refractivity contribution in [2.24, 2.45) is 0 Å². The molecule has 0 spiro atoms. The van der Waals surface area contributed by atoms with Crippen molar-refractivity contribution in [3.05, 3.63) is 34.1 Å². The largest absolute Gasteiger partial charge is 0.365 e. The van der Waals surface area contributed by atoms with Crippen LogP contribution in [0.15, 0.2) is 18.2 Å². The highest BCUT2D eigenvalue weighted by atomic mass is 19.1. The van der Waals surface area contributed by atoms with Crippen LogP contribution in [-0.2, 0) is 0 Å². The standard InChI is InChI=1S/C14H20FN3O2/c1-3-11-9-17(12(4-2)8-16-11)13-5-10(15)6-14(7-13)18(19)20/h5-7,11-12,16H,3-4,8-9H2,1-2H3. The summed E-state index contributed by atoms with van der Waals surface area (Å²) < 4.78 is 13.6. The van der Waals surface area contributed by atoms with Crippen LogP contribution in [0.4, 0.5) is 15.8 Å². The summed E-state index contributed by atoms with van der Waals surface area (Å²) in [6.45, 7) is 5.73. The van der Waals surface area contributed by atoms with Crippen molar-refractivity contribution < 1.29 is 9.31 Å². The topological polar surface area (TPSA) is 58.4 Å². The molecule has 2 atom stereocenters. The molecule has 1 aromatic rings. The molecule has 2 unspecified atom stereocenters. The quantitative estimate of drug-likeness (QED) is 0.681. The van der Waals surface area contributed by atoms with Crippen LogP contribution in [0.2, 0.25) is 0 Å². The van der Waals surface area contributed by atoms with Crippen molar-refractivity contribution in [3.8, 4) is 0 Å². The minimum Gasteiger partial charge on any atom is -0.365 e. The lowest BCUT2D eigenvalue weighted by atomic mass is 10.0. The van der Waals surface area contributed by atoms with E-state index in [9.17, 15) is 14.5 Å². The summed E-state index contributed by atoms with van der Waals surface area (Å²) in [7, 11) is 0. The summed E-state index contributed by atoms with van der Waals surface area (Å²) in [6, 6.07) is 4.38. The molecule has 0 bridgehead atoms. The third-order valence-corrected chi connectivity index (χ3v) is 3.87. The zero-order valence-corrected chi connectivity index (χ0v) is 11.8. The van der Waals surface area contributed by atoms with Gasteiger partial charge in [-0.05, 0) is 18.9 Å². The number of rotatable bonds is 4. The number of nitro groups is 1. The highest BCUT2D eigenvalue weighted by molar-refractivity contribution is 5.55. The number of hydrogen-bond acceptors (Lipinski definition) is 4. The molecule has 1 aromatic carbocycles. The Morgan fingerprint density at radius 1 is 1.40 bits per heavy atom. The first-order valence-corrected chi connectivity index (χ1v) is 7.00. The monoisotopic (exact) mass is 281 g/mol. The maximum atomic E-state index is 13.6. The van der Waals surface area contributed by atoms with Crippen molar-refractivity contribution >= 4 is 11.4 Å². The first-order valence-electron chi connectivity index (χ1n) is 7.00. The van der Waals surface area contributed by atoms with Crippen molar-refractivity contribution in [1.82, 2.24) is 5.32 Å². The predicted octanol–water partition coefficient (Wildman–Crippen LogP) is 2.70. The van der Waals surface area contributed by atoms with Crippen LogP contribution in [0.3, 0.4) is 0 Å². The molecule has 1 aliphatic rings. The van der Waals surface area contributed by atoms with Crippen LogP contribution < -0.4 is 10.2 Å². The van der Waals surface area contributed by atoms with Crippen LogP contribution in [0, 0.1) is 15.9 Å². The zero-order valence-electron chi connectivity index (χ0n) is 11.8. The van der Waals surface area contributed by atoms with E-state index in [1.54, 1.807) is 0 Å². The number of nitrogens with one attached hydrogen (secondary N) is 1. The van der Waals surface area contributed by atoms with Gasteiger partial charge in [0, 0.05) is 36.9 Å². The van der Waals surface area contributed by atoms with E-state index in [2.05, 4.69) is 24.1 Å². The molecular weight excluding hydrogens is 261 g/mol. The molecule has 0 aliphatic carbocycles. The van der Waals surface area contributed by atoms with Crippen LogP contribution in [0.5, 0.6) is 0 Å². The SMILES string of the molecule is CCC1CN(c2cc(F)cc([N+](=O)[O-])c2)C(CC)CN1. The lowest BCUT2D eigenvalue weighted by Crippen LogP contribution is -2.56. The number of benzene rings is 1. The maximum Gasteiger partial charge on any atom is 0.274 e. The predicted molar refractivity (Wildman–Crippen MR) is 76.6 cm³/mol. The van der Waals surface area contributed by atoms with Gasteiger partial charge in [0.1, 0.15) is 5.82 Å². The minimum absolute atomic E-state index is 0.193. The van der Waals surface area contributed by atoms with Gasteiger partial charge in [0.05, 0.1) is 11.0 Å². The second-order valence-electron chi connectivity index (χ2n) is 5.15. The molecule has 1 aliphatic heterocycles. The average molecular weight is 281 g/mol. The molecule has 1 saturated heterocycles. The minimum atomic E-state index is -0.560. The third kappa shape index (κ3) is 3.07. The first kappa shape index (κ1) is 14.7. The van der Waals surface area contributed by atoms with E-state index >= 15 is 0 Å². The first-order chi connectivity index (χ1) is 9.55. The summed E-state index contributed by atoms with van der Waals surface area (Å²) in [4.78, 5) is 12.4. The van der Waals surface area contributed by atoms with E-state index in [0.29, 0.717) is 11.7 Å². The number of non-ortho nitro benzene ring substituents is 1. The highest BCUT2D eigenvalue weighted by Gasteiger charge is 2.27. The van der Waals surface area contributed by atoms with E-state index in [0.717, 1.165) is 32.0 Å². The fraction of sp³-hybridized carbons (Fsp3) is 0.571. The van der Waals surface area contributed by atoms with Gasteiger partial charge in [0.2, 0.25) is 0 Å². The van der Waals surface area contributed by atoms with E-state index in [4.69, 9.17) is 0 Å². The third-order valence-electron chi connectivity index (χ3n) is 3.87. The molecule has 5 nitrogen and oxygen atoms in total. The van der Waals surface area contributed by atoms with Gasteiger partial charge in [-0.1, -0.05) is 13.8 Å². The highest BCUT2D eigenvalue weighted by Crippen LogP contribution is 2.27. The van der Waals surface area contributed by atoms with Gasteiger partial charge in [-0.3, -0.25) is 10.1 Å². The zero-order chi connectivity index (χ0) is 14.7. The number of nitrogens with zero attached hydrogens (tertiary/aromatic N) is 2. The second-order valence-corrected chi connectivity index (χ2v) is 5.15. The number of anilines is 1. The molecule has 1 N–H and O–H groups in total. The lowest BCUT2D eigenvalue weighted by Gasteiger charge is -2.41. The molecule has 1 fully saturated rings. The molecule has 110 valence electrons. The van der Waals surface area contributed by atoms with Crippen LogP contribution in [-0.4, -0.2) is 30.1 Å². The fourth-order valence-electron chi connectivity index (χ4n) is 2.65. The Hall–Kier alpha value is -1.69. The smallest absolute Gasteiger partial charge is 0.274 e. The second kappa shape index (κ2) is 6.17. The van der Waals surface area contributed by atoms with Crippen molar-refractivity contribution in [2.75, 3.05) is 18.0 Å². The molecule has 0 radical (unpaired) electrons. The van der Waals surface area contributed by atoms with E-state index in [-0.39, 0.29) is 11.7 Å². The Bertz CT molecular complexity index is 495. The summed E-state index contributed by atoms with van der Waals surface area (Å²) in [6.07, 6.45) is 1.89. The van der Waals surface area contributed by atoms with Gasteiger partial charge in [0.15, 0.2) is 0 Å². The van der Waals surface area contributed by atoms with Gasteiger partial charge in [0.25, 0.3) is 5.69 Å². The summed E-state index contributed by atoms with van der Waals surface area (Å²) in [5.41, 5.74) is 0.407. The van der Waals surface area contributed by atoms with Gasteiger partial charge in [-0.25, -0.2) is 4.39 Å². The van der Waals surface area contributed by atoms with E-state index in [1.807, 2.05) is 0 Å². The average Bonchev–Trinajstić information content (AvgIpc) is 2.45. The summed E-state index contributed by atoms with van der Waals surface area (Å²) >= 11 is 0. The Morgan fingerprint density at radius 3 is 2.75 bits per heavy atom. The van der Waals surface area contributed by atoms with Crippen LogP contribution in [0.25, 0.3) is 0 Å². The molecule has 20 heavy (non-hydrogen) atoms. The van der Waals surface area contributed by atoms with Gasteiger partial charge < -0.3 is 10.2 Å².